The highest BCUT2D eigenvalue weighted by atomic mass is 16.5. The molecule has 0 fully saturated rings. The predicted octanol–water partition coefficient (Wildman–Crippen LogP) is 1.13. The fourth-order valence-corrected chi connectivity index (χ4v) is 0.465. The van der Waals surface area contributed by atoms with Crippen molar-refractivity contribution in [2.45, 2.75) is 13.8 Å². The molecule has 2 heteroatoms. The summed E-state index contributed by atoms with van der Waals surface area (Å²) < 4.78 is 4.67. The zero-order chi connectivity index (χ0) is 6.57. The summed E-state index contributed by atoms with van der Waals surface area (Å²) in [5, 5.41) is 0. The number of carbonyl (C=O) groups is 1. The average Bonchev–Trinajstić information content (AvgIpc) is 1.69. The van der Waals surface area contributed by atoms with Crippen LogP contribution < -0.4 is 0 Å². The van der Waals surface area contributed by atoms with Gasteiger partial charge >= 0.3 is 0 Å². The van der Waals surface area contributed by atoms with Gasteiger partial charge in [0.25, 0.3) is 0 Å². The maximum absolute atomic E-state index is 10.4. The van der Waals surface area contributed by atoms with Crippen LogP contribution in [0.5, 0.6) is 0 Å². The van der Waals surface area contributed by atoms with Crippen molar-refractivity contribution in [3.8, 4) is 0 Å². The first-order valence-corrected chi connectivity index (χ1v) is 2.43. The molecule has 0 heterocycles. The largest absolute Gasteiger partial charge is 0.493 e. The molecule has 0 saturated heterocycles. The third-order valence-corrected chi connectivity index (χ3v) is 0.829. The summed E-state index contributed by atoms with van der Waals surface area (Å²) in [7, 11) is 1.48. The highest BCUT2D eigenvalue weighted by Crippen LogP contribution is 1.93. The standard InChI is InChI=1S/C6H10O2/c1-4-6(8-3)5(2)7/h4H,1-3H3/b6-4-. The van der Waals surface area contributed by atoms with Gasteiger partial charge in [-0.25, -0.2) is 0 Å². The van der Waals surface area contributed by atoms with Crippen LogP contribution in [0.4, 0.5) is 0 Å². The number of rotatable bonds is 2. The number of methoxy groups -OCH3 is 1. The van der Waals surface area contributed by atoms with E-state index in [2.05, 4.69) is 4.74 Å². The van der Waals surface area contributed by atoms with Crippen LogP contribution in [-0.4, -0.2) is 12.9 Å². The number of allylic oxidation sites excluding steroid dienone is 2. The van der Waals surface area contributed by atoms with Crippen LogP contribution in [-0.2, 0) is 9.53 Å². The van der Waals surface area contributed by atoms with E-state index in [4.69, 9.17) is 0 Å². The summed E-state index contributed by atoms with van der Waals surface area (Å²) in [6.07, 6.45) is 1.64. The molecular formula is C6H10O2. The highest BCUT2D eigenvalue weighted by Gasteiger charge is 1.97. The molecule has 0 aliphatic carbocycles. The van der Waals surface area contributed by atoms with Crippen molar-refractivity contribution in [2.24, 2.45) is 0 Å². The van der Waals surface area contributed by atoms with Crippen molar-refractivity contribution < 1.29 is 9.53 Å². The molecule has 0 bridgehead atoms. The van der Waals surface area contributed by atoms with Gasteiger partial charge in [-0.05, 0) is 13.0 Å². The number of Topliss-reactive ketones (excluding diaryl/α,β-unsaturated/α-hetero) is 1. The van der Waals surface area contributed by atoms with Crippen LogP contribution in [0.25, 0.3) is 0 Å². The molecular weight excluding hydrogens is 104 g/mol. The third-order valence-electron chi connectivity index (χ3n) is 0.829. The minimum absolute atomic E-state index is 0.0324. The summed E-state index contributed by atoms with van der Waals surface area (Å²) in [6.45, 7) is 3.24. The molecule has 0 spiro atoms. The Kier molecular flexibility index (Phi) is 2.92. The lowest BCUT2D eigenvalue weighted by molar-refractivity contribution is -0.116. The molecule has 0 atom stereocenters. The molecule has 0 radical (unpaired) electrons. The molecule has 0 N–H and O–H groups in total. The van der Waals surface area contributed by atoms with E-state index in [1.165, 1.54) is 14.0 Å². The van der Waals surface area contributed by atoms with Crippen molar-refractivity contribution >= 4 is 5.78 Å². The van der Waals surface area contributed by atoms with Crippen LogP contribution in [0.3, 0.4) is 0 Å². The van der Waals surface area contributed by atoms with Gasteiger partial charge in [-0.15, -0.1) is 0 Å². The molecule has 0 rings (SSSR count). The second-order valence-corrected chi connectivity index (χ2v) is 1.41. The van der Waals surface area contributed by atoms with Gasteiger partial charge in [0.15, 0.2) is 11.5 Å². The molecule has 0 saturated carbocycles. The van der Waals surface area contributed by atoms with Gasteiger partial charge < -0.3 is 4.74 Å². The van der Waals surface area contributed by atoms with Crippen LogP contribution in [0.1, 0.15) is 13.8 Å². The summed E-state index contributed by atoms with van der Waals surface area (Å²) in [4.78, 5) is 10.4. The first-order valence-electron chi connectivity index (χ1n) is 2.43. The van der Waals surface area contributed by atoms with Gasteiger partial charge in [0.1, 0.15) is 0 Å². The van der Waals surface area contributed by atoms with Crippen LogP contribution in [0, 0.1) is 0 Å². The van der Waals surface area contributed by atoms with E-state index in [0.29, 0.717) is 5.76 Å². The molecule has 2 nitrogen and oxygen atoms in total. The quantitative estimate of drug-likeness (QED) is 0.397. The topological polar surface area (TPSA) is 26.3 Å². The maximum atomic E-state index is 10.4. The van der Waals surface area contributed by atoms with Gasteiger partial charge in [0.05, 0.1) is 7.11 Å². The molecule has 0 aromatic heterocycles. The van der Waals surface area contributed by atoms with Gasteiger partial charge in [-0.2, -0.15) is 0 Å². The summed E-state index contributed by atoms with van der Waals surface area (Å²) in [5.41, 5.74) is 0. The van der Waals surface area contributed by atoms with Crippen molar-refractivity contribution in [3.63, 3.8) is 0 Å². The molecule has 0 aromatic rings. The normalized spacial score (nSPS) is 11.1. The van der Waals surface area contributed by atoms with E-state index < -0.39 is 0 Å². The number of carbonyl (C=O) groups excluding carboxylic acids is 1. The predicted molar refractivity (Wildman–Crippen MR) is 31.4 cm³/mol. The Morgan fingerprint density at radius 1 is 1.62 bits per heavy atom. The van der Waals surface area contributed by atoms with E-state index in [1.54, 1.807) is 13.0 Å². The Bertz CT molecular complexity index is 114. The van der Waals surface area contributed by atoms with Crippen molar-refractivity contribution in [1.82, 2.24) is 0 Å². The van der Waals surface area contributed by atoms with Crippen molar-refractivity contribution in [2.75, 3.05) is 7.11 Å². The first-order chi connectivity index (χ1) is 3.72. The number of hydrogen-bond donors (Lipinski definition) is 0. The lowest BCUT2D eigenvalue weighted by Crippen LogP contribution is -1.96. The van der Waals surface area contributed by atoms with E-state index in [-0.39, 0.29) is 5.78 Å². The van der Waals surface area contributed by atoms with Crippen molar-refractivity contribution in [1.29, 1.82) is 0 Å². The minimum Gasteiger partial charge on any atom is -0.493 e. The second-order valence-electron chi connectivity index (χ2n) is 1.41. The molecule has 0 aliphatic heterocycles. The molecule has 46 valence electrons. The number of ketones is 1. The highest BCUT2D eigenvalue weighted by molar-refractivity contribution is 5.91. The van der Waals surface area contributed by atoms with Crippen LogP contribution in [0.2, 0.25) is 0 Å². The van der Waals surface area contributed by atoms with Crippen molar-refractivity contribution in [3.05, 3.63) is 11.8 Å². The Balaban J connectivity index is 3.92. The van der Waals surface area contributed by atoms with Crippen LogP contribution in [0.15, 0.2) is 11.8 Å². The van der Waals surface area contributed by atoms with Gasteiger partial charge in [0.2, 0.25) is 0 Å². The van der Waals surface area contributed by atoms with E-state index >= 15 is 0 Å². The van der Waals surface area contributed by atoms with Gasteiger partial charge in [0, 0.05) is 6.92 Å². The zero-order valence-electron chi connectivity index (χ0n) is 5.39. The Hall–Kier alpha value is -0.790. The van der Waals surface area contributed by atoms with Gasteiger partial charge in [-0.3, -0.25) is 4.79 Å². The average molecular weight is 114 g/mol. The lowest BCUT2D eigenvalue weighted by atomic mass is 10.3. The first kappa shape index (κ1) is 7.21. The monoisotopic (exact) mass is 114 g/mol. The summed E-state index contributed by atoms with van der Waals surface area (Å²) in [6, 6.07) is 0. The SMILES string of the molecule is C/C=C(\OC)C(C)=O. The van der Waals surface area contributed by atoms with E-state index in [1.807, 2.05) is 0 Å². The Labute approximate surface area is 49.1 Å². The zero-order valence-corrected chi connectivity index (χ0v) is 5.39. The number of ether oxygens (including phenoxy) is 1. The summed E-state index contributed by atoms with van der Waals surface area (Å²) in [5.74, 6) is 0.389. The van der Waals surface area contributed by atoms with Gasteiger partial charge in [-0.1, -0.05) is 0 Å². The van der Waals surface area contributed by atoms with Crippen LogP contribution >= 0.6 is 0 Å². The van der Waals surface area contributed by atoms with E-state index in [0.717, 1.165) is 0 Å². The lowest BCUT2D eigenvalue weighted by Gasteiger charge is -1.96. The summed E-state index contributed by atoms with van der Waals surface area (Å²) >= 11 is 0. The second kappa shape index (κ2) is 3.24. The Morgan fingerprint density at radius 3 is 2.12 bits per heavy atom. The molecule has 0 aromatic carbocycles. The molecule has 0 aliphatic rings. The third kappa shape index (κ3) is 1.78. The molecule has 0 unspecified atom stereocenters. The fourth-order valence-electron chi connectivity index (χ4n) is 0.465. The number of hydrogen-bond acceptors (Lipinski definition) is 2. The minimum atomic E-state index is -0.0324. The maximum Gasteiger partial charge on any atom is 0.193 e. The van der Waals surface area contributed by atoms with E-state index in [9.17, 15) is 4.79 Å². The Morgan fingerprint density at radius 2 is 2.12 bits per heavy atom. The molecule has 0 amide bonds. The molecule has 8 heavy (non-hydrogen) atoms. The smallest absolute Gasteiger partial charge is 0.193 e. The fraction of sp³-hybridized carbons (Fsp3) is 0.500.